The van der Waals surface area contributed by atoms with Crippen LogP contribution >= 0.6 is 11.6 Å². The van der Waals surface area contributed by atoms with Gasteiger partial charge in [0.1, 0.15) is 11.6 Å². The number of fused-ring (bicyclic) bond motifs is 1. The topological polar surface area (TPSA) is 99.7 Å². The molecule has 5 N–H and O–H groups in total. The summed E-state index contributed by atoms with van der Waals surface area (Å²) < 4.78 is 0. The number of phenolic OH excluding ortho intramolecular Hbond substituents is 1. The Balaban J connectivity index is 1.84. The molecule has 0 spiro atoms. The summed E-state index contributed by atoms with van der Waals surface area (Å²) in [6.45, 7) is 5.93. The smallest absolute Gasteiger partial charge is 0.320 e. The summed E-state index contributed by atoms with van der Waals surface area (Å²) in [7, 11) is 0. The van der Waals surface area contributed by atoms with Crippen LogP contribution in [0, 0.1) is 5.41 Å². The number of halogens is 1. The number of urea groups is 1. The number of allylic oxidation sites excluding steroid dienone is 1. The number of nitrogens with two attached hydrogens (primary N) is 1. The molecule has 31 heavy (non-hydrogen) atoms. The summed E-state index contributed by atoms with van der Waals surface area (Å²) in [5.41, 5.74) is 9.34. The number of amides is 2. The van der Waals surface area contributed by atoms with Gasteiger partial charge in [-0.1, -0.05) is 56.6 Å². The van der Waals surface area contributed by atoms with Crippen molar-refractivity contribution < 1.29 is 9.90 Å². The number of benzene rings is 2. The van der Waals surface area contributed by atoms with Gasteiger partial charge in [-0.3, -0.25) is 5.32 Å². The van der Waals surface area contributed by atoms with E-state index in [0.717, 1.165) is 24.8 Å². The summed E-state index contributed by atoms with van der Waals surface area (Å²) in [5.74, 6) is 0.189. The maximum Gasteiger partial charge on any atom is 0.320 e. The highest BCUT2D eigenvalue weighted by Gasteiger charge is 2.22. The van der Waals surface area contributed by atoms with Gasteiger partial charge in [0.25, 0.3) is 0 Å². The van der Waals surface area contributed by atoms with Crippen LogP contribution in [0.5, 0.6) is 5.75 Å². The molecule has 0 saturated heterocycles. The Labute approximate surface area is 188 Å². The van der Waals surface area contributed by atoms with Crippen LogP contribution in [0.25, 0.3) is 0 Å². The normalized spacial score (nSPS) is 17.1. The maximum atomic E-state index is 12.8. The first-order valence-corrected chi connectivity index (χ1v) is 10.7. The monoisotopic (exact) mass is 440 g/mol. The lowest BCUT2D eigenvalue weighted by Crippen LogP contribution is -2.42. The third-order valence-corrected chi connectivity index (χ3v) is 5.57. The average Bonchev–Trinajstić information content (AvgIpc) is 2.70. The van der Waals surface area contributed by atoms with E-state index in [4.69, 9.17) is 17.3 Å². The Hall–Kier alpha value is -2.99. The summed E-state index contributed by atoms with van der Waals surface area (Å²) >= 11 is 5.89. The molecule has 6 nitrogen and oxygen atoms in total. The zero-order chi connectivity index (χ0) is 22.6. The number of aromatic hydroxyl groups is 1. The minimum absolute atomic E-state index is 0.0604. The molecule has 0 bridgehead atoms. The van der Waals surface area contributed by atoms with Crippen LogP contribution in [0.3, 0.4) is 0 Å². The number of amidine groups is 1. The van der Waals surface area contributed by atoms with Gasteiger partial charge in [0, 0.05) is 23.3 Å². The molecule has 7 heteroatoms. The van der Waals surface area contributed by atoms with Crippen LogP contribution < -0.4 is 16.4 Å². The largest absolute Gasteiger partial charge is 0.506 e. The summed E-state index contributed by atoms with van der Waals surface area (Å²) in [5, 5.41) is 16.0. The predicted molar refractivity (Wildman–Crippen MR) is 126 cm³/mol. The highest BCUT2D eigenvalue weighted by molar-refractivity contribution is 6.32. The first-order chi connectivity index (χ1) is 14.6. The molecule has 0 aromatic heterocycles. The number of nitrogens with zero attached hydrogens (tertiary/aromatic N) is 1. The van der Waals surface area contributed by atoms with Crippen LogP contribution in [0.15, 0.2) is 59.2 Å². The third kappa shape index (κ3) is 6.01. The number of hydrogen-bond acceptors (Lipinski definition) is 4. The molecule has 1 aliphatic carbocycles. The van der Waals surface area contributed by atoms with Crippen LogP contribution in [-0.4, -0.2) is 17.0 Å². The van der Waals surface area contributed by atoms with E-state index in [0.29, 0.717) is 11.4 Å². The molecule has 0 saturated carbocycles. The van der Waals surface area contributed by atoms with E-state index < -0.39 is 0 Å². The van der Waals surface area contributed by atoms with Crippen molar-refractivity contribution >= 4 is 29.2 Å². The van der Waals surface area contributed by atoms with Crippen molar-refractivity contribution in [3.63, 3.8) is 0 Å². The van der Waals surface area contributed by atoms with E-state index >= 15 is 0 Å². The van der Waals surface area contributed by atoms with Crippen LogP contribution in [-0.2, 0) is 6.42 Å². The Morgan fingerprint density at radius 2 is 2.00 bits per heavy atom. The van der Waals surface area contributed by atoms with E-state index in [9.17, 15) is 9.90 Å². The first kappa shape index (κ1) is 22.7. The second-order valence-electron chi connectivity index (χ2n) is 8.72. The Bertz CT molecular complexity index is 1020. The third-order valence-electron chi connectivity index (χ3n) is 5.25. The second kappa shape index (κ2) is 9.43. The fraction of sp³-hybridized carbons (Fsp3) is 0.333. The van der Waals surface area contributed by atoms with E-state index in [-0.39, 0.29) is 34.1 Å². The van der Waals surface area contributed by atoms with Crippen molar-refractivity contribution in [2.75, 3.05) is 0 Å². The number of carbonyl (C=O) groups is 1. The number of phenols is 1. The van der Waals surface area contributed by atoms with Crippen LogP contribution in [0.1, 0.15) is 50.8 Å². The number of carbonyl (C=O) groups excluding carboxylic acids is 1. The molecular weight excluding hydrogens is 412 g/mol. The van der Waals surface area contributed by atoms with Crippen LogP contribution in [0.2, 0.25) is 5.02 Å². The molecule has 2 aromatic rings. The molecule has 164 valence electrons. The van der Waals surface area contributed by atoms with Crippen molar-refractivity contribution in [2.45, 2.75) is 46.1 Å². The fourth-order valence-corrected chi connectivity index (χ4v) is 3.50. The standard InChI is InChI=1S/C24H29ClN4O2/c1-24(2,3)21(26)14-22(27-16-11-12-18(25)20(30)13-16)29-23(31)28-19-10-6-8-15-7-4-5-9-17(15)19/h4-5,7,9,11-14,19,30H,6,8,10,26H2,1-3H3,(H2,27,28,29,31). The van der Waals surface area contributed by atoms with Crippen molar-refractivity contribution in [3.8, 4) is 5.75 Å². The fourth-order valence-electron chi connectivity index (χ4n) is 3.38. The number of aryl methyl sites for hydroxylation is 1. The first-order valence-electron chi connectivity index (χ1n) is 10.3. The summed E-state index contributed by atoms with van der Waals surface area (Å²) in [4.78, 5) is 17.3. The lowest BCUT2D eigenvalue weighted by atomic mass is 9.88. The molecule has 1 unspecified atom stereocenters. The zero-order valence-electron chi connectivity index (χ0n) is 18.1. The molecule has 2 aromatic carbocycles. The Morgan fingerprint density at radius 3 is 2.71 bits per heavy atom. The second-order valence-corrected chi connectivity index (χ2v) is 9.13. The quantitative estimate of drug-likeness (QED) is 0.382. The van der Waals surface area contributed by atoms with Gasteiger partial charge in [-0.25, -0.2) is 9.79 Å². The van der Waals surface area contributed by atoms with Gasteiger partial charge in [-0.15, -0.1) is 0 Å². The molecule has 0 radical (unpaired) electrons. The predicted octanol–water partition coefficient (Wildman–Crippen LogP) is 5.34. The minimum atomic E-state index is -0.364. The molecule has 2 amide bonds. The van der Waals surface area contributed by atoms with E-state index in [1.807, 2.05) is 32.9 Å². The molecular formula is C24H29ClN4O2. The molecule has 1 aliphatic rings. The number of nitrogens with one attached hydrogen (secondary N) is 2. The van der Waals surface area contributed by atoms with Gasteiger partial charge >= 0.3 is 6.03 Å². The zero-order valence-corrected chi connectivity index (χ0v) is 18.8. The SMILES string of the molecule is CC(C)(C)C(N)=CC(=Nc1ccc(Cl)c(O)c1)NC(=O)NC1CCCc2ccccc21. The number of aliphatic imine (C=N–C) groups is 1. The van der Waals surface area contributed by atoms with Gasteiger partial charge in [-0.05, 0) is 42.5 Å². The van der Waals surface area contributed by atoms with E-state index in [1.165, 1.54) is 11.6 Å². The summed E-state index contributed by atoms with van der Waals surface area (Å²) in [6, 6.07) is 12.4. The lowest BCUT2D eigenvalue weighted by Gasteiger charge is -2.26. The lowest BCUT2D eigenvalue weighted by molar-refractivity contribution is 0.240. The molecule has 1 atom stereocenters. The maximum absolute atomic E-state index is 12.8. The summed E-state index contributed by atoms with van der Waals surface area (Å²) in [6.07, 6.45) is 4.55. The van der Waals surface area contributed by atoms with Gasteiger partial charge in [0.2, 0.25) is 0 Å². The molecule has 0 heterocycles. The van der Waals surface area contributed by atoms with Gasteiger partial charge in [0.15, 0.2) is 0 Å². The van der Waals surface area contributed by atoms with Crippen molar-refractivity contribution in [2.24, 2.45) is 16.1 Å². The van der Waals surface area contributed by atoms with Gasteiger partial charge in [0.05, 0.1) is 16.8 Å². The average molecular weight is 441 g/mol. The van der Waals surface area contributed by atoms with Crippen molar-refractivity contribution in [1.82, 2.24) is 10.6 Å². The molecule has 0 aliphatic heterocycles. The van der Waals surface area contributed by atoms with Crippen molar-refractivity contribution in [3.05, 3.63) is 70.4 Å². The van der Waals surface area contributed by atoms with Gasteiger partial charge < -0.3 is 16.2 Å². The highest BCUT2D eigenvalue weighted by Crippen LogP contribution is 2.30. The van der Waals surface area contributed by atoms with Crippen molar-refractivity contribution in [1.29, 1.82) is 0 Å². The Morgan fingerprint density at radius 1 is 1.26 bits per heavy atom. The number of hydrogen-bond donors (Lipinski definition) is 4. The molecule has 0 fully saturated rings. The highest BCUT2D eigenvalue weighted by atomic mass is 35.5. The van der Waals surface area contributed by atoms with Gasteiger partial charge in [-0.2, -0.15) is 0 Å². The Kier molecular flexibility index (Phi) is 6.91. The number of rotatable bonds is 3. The molecule has 3 rings (SSSR count). The van der Waals surface area contributed by atoms with E-state index in [2.05, 4.69) is 27.8 Å². The minimum Gasteiger partial charge on any atom is -0.506 e. The van der Waals surface area contributed by atoms with Crippen LogP contribution in [0.4, 0.5) is 10.5 Å². The van der Waals surface area contributed by atoms with E-state index in [1.54, 1.807) is 18.2 Å².